The molecule has 0 atom stereocenters. The molecule has 0 aliphatic heterocycles. The van der Waals surface area contributed by atoms with Gasteiger partial charge in [-0.25, -0.2) is 4.98 Å². The van der Waals surface area contributed by atoms with Crippen LogP contribution < -0.4 is 0 Å². The van der Waals surface area contributed by atoms with E-state index in [9.17, 15) is 0 Å². The van der Waals surface area contributed by atoms with Crippen LogP contribution in [0.1, 0.15) is 37.5 Å². The molecule has 0 aromatic carbocycles. The summed E-state index contributed by atoms with van der Waals surface area (Å²) in [4.78, 5) is 4.27. The van der Waals surface area contributed by atoms with Gasteiger partial charge >= 0.3 is 0 Å². The quantitative estimate of drug-likeness (QED) is 0.627. The molecule has 13 heavy (non-hydrogen) atoms. The smallest absolute Gasteiger partial charge is 0.0961 e. The third kappa shape index (κ3) is 2.05. The molecule has 0 aliphatic carbocycles. The van der Waals surface area contributed by atoms with Gasteiger partial charge in [0.1, 0.15) is 0 Å². The van der Waals surface area contributed by atoms with Gasteiger partial charge in [-0.05, 0) is 36.0 Å². The van der Waals surface area contributed by atoms with Crippen molar-refractivity contribution in [1.82, 2.24) is 4.98 Å². The van der Waals surface area contributed by atoms with E-state index in [4.69, 9.17) is 0 Å². The fourth-order valence-electron chi connectivity index (χ4n) is 1.45. The zero-order valence-corrected chi connectivity index (χ0v) is 9.87. The van der Waals surface area contributed by atoms with Gasteiger partial charge in [-0.1, -0.05) is 20.8 Å². The third-order valence-corrected chi connectivity index (χ3v) is 2.88. The number of hydrogen-bond acceptors (Lipinski definition) is 2. The van der Waals surface area contributed by atoms with Gasteiger partial charge in [0.25, 0.3) is 0 Å². The minimum absolute atomic E-state index is 0.170. The average molecular weight is 195 g/mol. The Bertz CT molecular complexity index is 324. The summed E-state index contributed by atoms with van der Waals surface area (Å²) in [7, 11) is 0. The molecular weight excluding hydrogens is 178 g/mol. The fourth-order valence-corrected chi connectivity index (χ4v) is 1.67. The Balaban J connectivity index is 3.35. The summed E-state index contributed by atoms with van der Waals surface area (Å²) in [5.74, 6) is 0. The predicted molar refractivity (Wildman–Crippen MR) is 59.7 cm³/mol. The van der Waals surface area contributed by atoms with E-state index in [1.807, 2.05) is 6.20 Å². The Labute approximate surface area is 86.0 Å². The lowest BCUT2D eigenvalue weighted by atomic mass is 9.84. The van der Waals surface area contributed by atoms with Crippen LogP contribution in [0.4, 0.5) is 0 Å². The SMILES string of the molecule is Cc1c(C(C)(C)C)cnc(S)c1C. The van der Waals surface area contributed by atoms with Crippen molar-refractivity contribution in [1.29, 1.82) is 0 Å². The van der Waals surface area contributed by atoms with Crippen molar-refractivity contribution in [2.45, 2.75) is 45.1 Å². The van der Waals surface area contributed by atoms with Crippen molar-refractivity contribution >= 4 is 12.6 Å². The maximum Gasteiger partial charge on any atom is 0.0961 e. The number of pyridine rings is 1. The Kier molecular flexibility index (Phi) is 2.71. The van der Waals surface area contributed by atoms with Crippen molar-refractivity contribution in [3.05, 3.63) is 22.9 Å². The van der Waals surface area contributed by atoms with Crippen molar-refractivity contribution < 1.29 is 0 Å². The fraction of sp³-hybridized carbons (Fsp3) is 0.545. The van der Waals surface area contributed by atoms with Crippen LogP contribution in [0.15, 0.2) is 11.2 Å². The first-order chi connectivity index (χ1) is 5.84. The maximum absolute atomic E-state index is 4.30. The number of thiol groups is 1. The van der Waals surface area contributed by atoms with Crippen LogP contribution >= 0.6 is 12.6 Å². The molecule has 0 spiro atoms. The normalized spacial score (nSPS) is 11.8. The van der Waals surface area contributed by atoms with Crippen molar-refractivity contribution in [3.8, 4) is 0 Å². The summed E-state index contributed by atoms with van der Waals surface area (Å²) in [6.45, 7) is 10.8. The number of hydrogen-bond donors (Lipinski definition) is 1. The maximum atomic E-state index is 4.30. The number of rotatable bonds is 0. The van der Waals surface area contributed by atoms with Gasteiger partial charge < -0.3 is 0 Å². The predicted octanol–water partition coefficient (Wildman–Crippen LogP) is 3.28. The first-order valence-electron chi connectivity index (χ1n) is 4.49. The summed E-state index contributed by atoms with van der Waals surface area (Å²) < 4.78 is 0. The molecule has 0 saturated carbocycles. The van der Waals surface area contributed by atoms with E-state index < -0.39 is 0 Å². The minimum atomic E-state index is 0.170. The molecule has 0 bridgehead atoms. The summed E-state index contributed by atoms with van der Waals surface area (Å²) in [6.07, 6.45) is 1.94. The lowest BCUT2D eigenvalue weighted by molar-refractivity contribution is 0.580. The van der Waals surface area contributed by atoms with Crippen LogP contribution in [0.5, 0.6) is 0 Å². The molecule has 1 nitrogen and oxygen atoms in total. The molecule has 1 heterocycles. The molecule has 1 aromatic rings. The summed E-state index contributed by atoms with van der Waals surface area (Å²) >= 11 is 4.30. The highest BCUT2D eigenvalue weighted by Gasteiger charge is 2.18. The van der Waals surface area contributed by atoms with Gasteiger partial charge in [0.15, 0.2) is 0 Å². The molecule has 0 aliphatic rings. The van der Waals surface area contributed by atoms with Crippen LogP contribution in [-0.4, -0.2) is 4.98 Å². The lowest BCUT2D eigenvalue weighted by Crippen LogP contribution is -2.14. The summed E-state index contributed by atoms with van der Waals surface area (Å²) in [6, 6.07) is 0. The average Bonchev–Trinajstić information content (AvgIpc) is 1.98. The number of aromatic nitrogens is 1. The molecule has 1 rings (SSSR count). The zero-order valence-electron chi connectivity index (χ0n) is 8.97. The van der Waals surface area contributed by atoms with E-state index in [-0.39, 0.29) is 5.41 Å². The van der Waals surface area contributed by atoms with E-state index in [2.05, 4.69) is 52.2 Å². The highest BCUT2D eigenvalue weighted by Crippen LogP contribution is 2.28. The molecule has 0 amide bonds. The highest BCUT2D eigenvalue weighted by molar-refractivity contribution is 7.80. The van der Waals surface area contributed by atoms with Crippen LogP contribution in [0.2, 0.25) is 0 Å². The lowest BCUT2D eigenvalue weighted by Gasteiger charge is -2.22. The van der Waals surface area contributed by atoms with E-state index in [1.54, 1.807) is 0 Å². The summed E-state index contributed by atoms with van der Waals surface area (Å²) in [5, 5.41) is 0.838. The van der Waals surface area contributed by atoms with Gasteiger partial charge in [0.2, 0.25) is 0 Å². The van der Waals surface area contributed by atoms with Crippen molar-refractivity contribution in [2.24, 2.45) is 0 Å². The van der Waals surface area contributed by atoms with Crippen molar-refractivity contribution in [3.63, 3.8) is 0 Å². The van der Waals surface area contributed by atoms with Gasteiger partial charge in [-0.2, -0.15) is 0 Å². The second-order valence-corrected chi connectivity index (χ2v) is 4.92. The first kappa shape index (κ1) is 10.6. The van der Waals surface area contributed by atoms with Crippen LogP contribution in [-0.2, 0) is 5.41 Å². The molecule has 0 radical (unpaired) electrons. The topological polar surface area (TPSA) is 12.9 Å². The van der Waals surface area contributed by atoms with E-state index in [0.717, 1.165) is 5.03 Å². The standard InChI is InChI=1S/C11H17NS/c1-7-8(2)10(13)12-6-9(7)11(3,4)5/h6H,1-5H3,(H,12,13). The molecule has 1 aromatic heterocycles. The monoisotopic (exact) mass is 195 g/mol. The van der Waals surface area contributed by atoms with Crippen molar-refractivity contribution in [2.75, 3.05) is 0 Å². The Morgan fingerprint density at radius 3 is 2.15 bits per heavy atom. The van der Waals surface area contributed by atoms with E-state index >= 15 is 0 Å². The van der Waals surface area contributed by atoms with E-state index in [1.165, 1.54) is 16.7 Å². The van der Waals surface area contributed by atoms with Gasteiger partial charge in [-0.15, -0.1) is 12.6 Å². The number of nitrogens with zero attached hydrogens (tertiary/aromatic N) is 1. The Hall–Kier alpha value is -0.500. The van der Waals surface area contributed by atoms with Crippen LogP contribution in [0, 0.1) is 13.8 Å². The largest absolute Gasteiger partial charge is 0.250 e. The van der Waals surface area contributed by atoms with Crippen LogP contribution in [0.25, 0.3) is 0 Å². The minimum Gasteiger partial charge on any atom is -0.250 e. The van der Waals surface area contributed by atoms with Gasteiger partial charge in [0, 0.05) is 6.20 Å². The third-order valence-electron chi connectivity index (χ3n) is 2.43. The second kappa shape index (κ2) is 3.33. The zero-order chi connectivity index (χ0) is 10.2. The van der Waals surface area contributed by atoms with Gasteiger partial charge in [0.05, 0.1) is 5.03 Å². The van der Waals surface area contributed by atoms with Gasteiger partial charge in [-0.3, -0.25) is 0 Å². The highest BCUT2D eigenvalue weighted by atomic mass is 32.1. The first-order valence-corrected chi connectivity index (χ1v) is 4.94. The molecule has 0 N–H and O–H groups in total. The van der Waals surface area contributed by atoms with E-state index in [0.29, 0.717) is 0 Å². The second-order valence-electron chi connectivity index (χ2n) is 4.50. The molecular formula is C11H17NS. The molecule has 0 saturated heterocycles. The summed E-state index contributed by atoms with van der Waals surface area (Å²) in [5.41, 5.74) is 3.98. The molecule has 2 heteroatoms. The molecule has 72 valence electrons. The van der Waals surface area contributed by atoms with Crippen LogP contribution in [0.3, 0.4) is 0 Å². The molecule has 0 fully saturated rings. The Morgan fingerprint density at radius 1 is 1.15 bits per heavy atom. The Morgan fingerprint density at radius 2 is 1.69 bits per heavy atom. The molecule has 0 unspecified atom stereocenters.